The molecule has 2 aromatic rings. The predicted molar refractivity (Wildman–Crippen MR) is 95.5 cm³/mol. The molecule has 0 fully saturated rings. The third-order valence-electron chi connectivity index (χ3n) is 3.09. The largest absolute Gasteiger partial charge is 0.497 e. The van der Waals surface area contributed by atoms with Gasteiger partial charge in [0.2, 0.25) is 0 Å². The minimum absolute atomic E-state index is 0.182. The molecule has 0 aliphatic heterocycles. The molecular formula is C16H13ClN4O5. The molecule has 0 aliphatic carbocycles. The Bertz CT molecular complexity index is 885. The summed E-state index contributed by atoms with van der Waals surface area (Å²) in [5.74, 6) is -1.45. The molecule has 2 N–H and O–H groups in total. The van der Waals surface area contributed by atoms with Crippen molar-refractivity contribution in [2.75, 3.05) is 12.4 Å². The fraction of sp³-hybridized carbons (Fsp3) is 0.0625. The number of carbonyl (C=O) groups is 2. The van der Waals surface area contributed by atoms with Crippen LogP contribution in [0.4, 0.5) is 11.4 Å². The minimum Gasteiger partial charge on any atom is -0.497 e. The van der Waals surface area contributed by atoms with Gasteiger partial charge < -0.3 is 10.1 Å². The number of anilines is 1. The van der Waals surface area contributed by atoms with Crippen LogP contribution in [0.1, 0.15) is 5.56 Å². The average Bonchev–Trinajstić information content (AvgIpc) is 2.63. The summed E-state index contributed by atoms with van der Waals surface area (Å²) in [6, 6.07) is 10.2. The Morgan fingerprint density at radius 3 is 2.69 bits per heavy atom. The average molecular weight is 377 g/mol. The molecule has 0 aliphatic rings. The monoisotopic (exact) mass is 376 g/mol. The van der Waals surface area contributed by atoms with Crippen LogP contribution in [0, 0.1) is 10.1 Å². The molecule has 0 saturated heterocycles. The van der Waals surface area contributed by atoms with Crippen LogP contribution in [0.5, 0.6) is 5.75 Å². The molecule has 0 spiro atoms. The lowest BCUT2D eigenvalue weighted by Gasteiger charge is -2.05. The number of hydrazone groups is 1. The van der Waals surface area contributed by atoms with E-state index in [-0.39, 0.29) is 16.3 Å². The lowest BCUT2D eigenvalue weighted by molar-refractivity contribution is -0.384. The topological polar surface area (TPSA) is 123 Å². The fourth-order valence-electron chi connectivity index (χ4n) is 1.84. The maximum Gasteiger partial charge on any atom is 0.329 e. The van der Waals surface area contributed by atoms with Crippen molar-refractivity contribution in [2.45, 2.75) is 0 Å². The fourth-order valence-corrected chi connectivity index (χ4v) is 2.01. The van der Waals surface area contributed by atoms with Gasteiger partial charge in [0.25, 0.3) is 5.69 Å². The molecule has 9 nitrogen and oxygen atoms in total. The van der Waals surface area contributed by atoms with Crippen molar-refractivity contribution in [2.24, 2.45) is 5.10 Å². The summed E-state index contributed by atoms with van der Waals surface area (Å²) in [4.78, 5) is 33.7. The number of nitrogens with zero attached hydrogens (tertiary/aromatic N) is 2. The van der Waals surface area contributed by atoms with Gasteiger partial charge in [0.05, 0.1) is 18.2 Å². The van der Waals surface area contributed by atoms with E-state index in [0.717, 1.165) is 6.21 Å². The van der Waals surface area contributed by atoms with Crippen molar-refractivity contribution >= 4 is 41.0 Å². The molecule has 0 heterocycles. The highest BCUT2D eigenvalue weighted by atomic mass is 35.5. The van der Waals surface area contributed by atoms with E-state index in [9.17, 15) is 19.7 Å². The zero-order valence-electron chi connectivity index (χ0n) is 13.4. The first-order valence-corrected chi connectivity index (χ1v) is 7.51. The van der Waals surface area contributed by atoms with E-state index < -0.39 is 16.7 Å². The third kappa shape index (κ3) is 5.02. The number of non-ortho nitro benzene ring substituents is 1. The van der Waals surface area contributed by atoms with Crippen molar-refractivity contribution in [1.82, 2.24) is 5.43 Å². The van der Waals surface area contributed by atoms with Crippen molar-refractivity contribution in [1.29, 1.82) is 0 Å². The number of hydrogen-bond acceptors (Lipinski definition) is 6. The van der Waals surface area contributed by atoms with Crippen molar-refractivity contribution in [3.8, 4) is 5.75 Å². The minimum atomic E-state index is -1.02. The van der Waals surface area contributed by atoms with Crippen LogP contribution in [-0.2, 0) is 9.59 Å². The summed E-state index contributed by atoms with van der Waals surface area (Å²) < 4.78 is 5.01. The molecule has 26 heavy (non-hydrogen) atoms. The van der Waals surface area contributed by atoms with E-state index in [1.165, 1.54) is 31.4 Å². The lowest BCUT2D eigenvalue weighted by Crippen LogP contribution is -2.32. The summed E-state index contributed by atoms with van der Waals surface area (Å²) in [5, 5.41) is 16.9. The van der Waals surface area contributed by atoms with Crippen LogP contribution >= 0.6 is 11.6 Å². The molecule has 0 bridgehead atoms. The van der Waals surface area contributed by atoms with Gasteiger partial charge in [-0.3, -0.25) is 19.7 Å². The van der Waals surface area contributed by atoms with Crippen LogP contribution in [0.2, 0.25) is 5.02 Å². The Hall–Kier alpha value is -3.46. The number of halogens is 1. The molecule has 0 radical (unpaired) electrons. The molecular weight excluding hydrogens is 364 g/mol. The Morgan fingerprint density at radius 1 is 1.23 bits per heavy atom. The number of ether oxygens (including phenoxy) is 1. The van der Waals surface area contributed by atoms with E-state index in [0.29, 0.717) is 11.4 Å². The first kappa shape index (κ1) is 18.9. The molecule has 0 atom stereocenters. The van der Waals surface area contributed by atoms with E-state index in [2.05, 4.69) is 10.4 Å². The summed E-state index contributed by atoms with van der Waals surface area (Å²) in [5.41, 5.74) is 2.42. The highest BCUT2D eigenvalue weighted by Crippen LogP contribution is 2.20. The van der Waals surface area contributed by atoms with Crippen LogP contribution in [0.25, 0.3) is 0 Å². The van der Waals surface area contributed by atoms with Gasteiger partial charge in [0.1, 0.15) is 5.75 Å². The van der Waals surface area contributed by atoms with E-state index in [4.69, 9.17) is 16.3 Å². The number of methoxy groups -OCH3 is 1. The summed E-state index contributed by atoms with van der Waals surface area (Å²) in [6.45, 7) is 0. The Morgan fingerprint density at radius 2 is 2.00 bits per heavy atom. The van der Waals surface area contributed by atoms with Gasteiger partial charge in [0, 0.05) is 34.5 Å². The van der Waals surface area contributed by atoms with E-state index in [1.807, 2.05) is 5.43 Å². The summed E-state index contributed by atoms with van der Waals surface area (Å²) in [6.07, 6.45) is 1.10. The van der Waals surface area contributed by atoms with E-state index >= 15 is 0 Å². The van der Waals surface area contributed by atoms with Gasteiger partial charge >= 0.3 is 11.8 Å². The molecule has 2 aromatic carbocycles. The van der Waals surface area contributed by atoms with Gasteiger partial charge in [-0.25, -0.2) is 5.43 Å². The number of amides is 2. The van der Waals surface area contributed by atoms with Crippen LogP contribution in [-0.4, -0.2) is 30.1 Å². The molecule has 0 aromatic heterocycles. The Kier molecular flexibility index (Phi) is 6.23. The number of hydrogen-bond donors (Lipinski definition) is 2. The standard InChI is InChI=1S/C16H13ClN4O5/c1-26-13-4-2-3-11(8-13)19-15(22)16(23)20-18-9-10-7-12(21(24)25)5-6-14(10)17/h2-9H,1H3,(H,19,22)(H,20,23)/b18-9-. The number of nitro groups is 1. The highest BCUT2D eigenvalue weighted by Gasteiger charge is 2.13. The van der Waals surface area contributed by atoms with Gasteiger partial charge in [-0.1, -0.05) is 17.7 Å². The van der Waals surface area contributed by atoms with Gasteiger partial charge in [-0.15, -0.1) is 0 Å². The molecule has 2 amide bonds. The van der Waals surface area contributed by atoms with Crippen LogP contribution in [0.15, 0.2) is 47.6 Å². The summed E-state index contributed by atoms with van der Waals surface area (Å²) in [7, 11) is 1.47. The number of nitrogens with one attached hydrogen (secondary N) is 2. The zero-order valence-corrected chi connectivity index (χ0v) is 14.2. The smallest absolute Gasteiger partial charge is 0.329 e. The SMILES string of the molecule is COc1cccc(NC(=O)C(=O)N/N=C\c2cc([N+](=O)[O-])ccc2Cl)c1. The first-order valence-electron chi connectivity index (χ1n) is 7.13. The van der Waals surface area contributed by atoms with Gasteiger partial charge in [-0.05, 0) is 18.2 Å². The van der Waals surface area contributed by atoms with Gasteiger partial charge in [0.15, 0.2) is 0 Å². The number of nitro benzene ring substituents is 1. The van der Waals surface area contributed by atoms with Crippen LogP contribution < -0.4 is 15.5 Å². The van der Waals surface area contributed by atoms with Crippen molar-refractivity contribution in [3.63, 3.8) is 0 Å². The summed E-state index contributed by atoms with van der Waals surface area (Å²) >= 11 is 5.90. The Balaban J connectivity index is 1.99. The zero-order chi connectivity index (χ0) is 19.1. The van der Waals surface area contributed by atoms with Crippen molar-refractivity contribution in [3.05, 3.63) is 63.2 Å². The molecule has 0 saturated carbocycles. The van der Waals surface area contributed by atoms with Crippen molar-refractivity contribution < 1.29 is 19.2 Å². The maximum absolute atomic E-state index is 11.8. The van der Waals surface area contributed by atoms with Crippen LogP contribution in [0.3, 0.4) is 0 Å². The predicted octanol–water partition coefficient (Wildman–Crippen LogP) is 2.35. The molecule has 2 rings (SSSR count). The maximum atomic E-state index is 11.8. The second-order valence-corrected chi connectivity index (χ2v) is 5.26. The third-order valence-corrected chi connectivity index (χ3v) is 3.44. The molecule has 10 heteroatoms. The van der Waals surface area contributed by atoms with E-state index in [1.54, 1.807) is 18.2 Å². The highest BCUT2D eigenvalue weighted by molar-refractivity contribution is 6.39. The Labute approximate surface area is 152 Å². The molecule has 0 unspecified atom stereocenters. The first-order chi connectivity index (χ1) is 12.4. The van der Waals surface area contributed by atoms with Gasteiger partial charge in [-0.2, -0.15) is 5.10 Å². The number of benzene rings is 2. The second kappa shape index (κ2) is 8.58. The lowest BCUT2D eigenvalue weighted by atomic mass is 10.2. The number of carbonyl (C=O) groups excluding carboxylic acids is 2. The molecule has 134 valence electrons. The quantitative estimate of drug-likeness (QED) is 0.359. The second-order valence-electron chi connectivity index (χ2n) is 4.85. The number of rotatable bonds is 5. The normalized spacial score (nSPS) is 10.4.